The lowest BCUT2D eigenvalue weighted by Gasteiger charge is -2.33. The van der Waals surface area contributed by atoms with Gasteiger partial charge in [-0.15, -0.1) is 0 Å². The zero-order chi connectivity index (χ0) is 42.1. The van der Waals surface area contributed by atoms with Crippen molar-refractivity contribution in [2.45, 2.75) is 38.8 Å². The maximum atomic E-state index is 14.2. The predicted octanol–water partition coefficient (Wildman–Crippen LogP) is 6.19. The molecular weight excluding hydrogens is 755 g/mol. The molecule has 13 heteroatoms. The van der Waals surface area contributed by atoms with E-state index in [-0.39, 0.29) is 23.9 Å². The van der Waals surface area contributed by atoms with Gasteiger partial charge in [-0.3, -0.25) is 19.4 Å². The molecule has 0 saturated carbocycles. The summed E-state index contributed by atoms with van der Waals surface area (Å²) in [5.74, 6) is -0.258. The van der Waals surface area contributed by atoms with E-state index in [2.05, 4.69) is 27.7 Å². The molecule has 13 nitrogen and oxygen atoms in total. The van der Waals surface area contributed by atoms with E-state index >= 15 is 0 Å². The average Bonchev–Trinajstić information content (AvgIpc) is 3.74. The number of hydrogen-bond acceptors (Lipinski definition) is 7. The molecule has 8 rings (SSSR count). The first-order chi connectivity index (χ1) is 29.0. The number of nitriles is 2. The predicted molar refractivity (Wildman–Crippen MR) is 226 cm³/mol. The number of nitrogens with one attached hydrogen (secondary N) is 2. The third kappa shape index (κ3) is 7.59. The molecule has 4 aliphatic rings. The Bertz CT molecular complexity index is 2360. The highest BCUT2D eigenvalue weighted by Gasteiger charge is 2.46. The number of aryl methyl sites for hydroxylation is 2. The average molecular weight is 800 g/mol. The van der Waals surface area contributed by atoms with E-state index < -0.39 is 12.1 Å². The van der Waals surface area contributed by atoms with Gasteiger partial charge in [-0.25, -0.2) is 9.59 Å². The van der Waals surface area contributed by atoms with Crippen molar-refractivity contribution in [1.29, 1.82) is 10.5 Å². The Morgan fingerprint density at radius 2 is 1.02 bits per heavy atom. The fourth-order valence-electron chi connectivity index (χ4n) is 8.61. The highest BCUT2D eigenvalue weighted by Crippen LogP contribution is 2.40. The summed E-state index contributed by atoms with van der Waals surface area (Å²) in [7, 11) is 2.02. The summed E-state index contributed by atoms with van der Waals surface area (Å²) >= 11 is 0. The highest BCUT2D eigenvalue weighted by molar-refractivity contribution is 6.08. The van der Waals surface area contributed by atoms with E-state index in [0.29, 0.717) is 97.2 Å². The fourth-order valence-corrected chi connectivity index (χ4v) is 8.61. The molecule has 4 aromatic carbocycles. The lowest BCUT2D eigenvalue weighted by atomic mass is 9.94. The molecule has 0 saturated heterocycles. The first kappa shape index (κ1) is 39.6. The maximum Gasteiger partial charge on any atom is 0.327 e. The van der Waals surface area contributed by atoms with Crippen LogP contribution in [0.5, 0.6) is 0 Å². The maximum absolute atomic E-state index is 14.2. The first-order valence-corrected chi connectivity index (χ1v) is 20.1. The Morgan fingerprint density at radius 1 is 0.617 bits per heavy atom. The zero-order valence-electron chi connectivity index (χ0n) is 33.8. The molecular formula is C47H45N9O4. The zero-order valence-corrected chi connectivity index (χ0v) is 33.8. The highest BCUT2D eigenvalue weighted by atomic mass is 16.2. The van der Waals surface area contributed by atoms with E-state index in [1.165, 1.54) is 0 Å². The van der Waals surface area contributed by atoms with Gasteiger partial charge in [0.05, 0.1) is 82.4 Å². The van der Waals surface area contributed by atoms with Crippen molar-refractivity contribution in [1.82, 2.24) is 25.3 Å². The van der Waals surface area contributed by atoms with Gasteiger partial charge in [0.2, 0.25) is 0 Å². The molecule has 0 aliphatic carbocycles. The molecule has 302 valence electrons. The number of rotatable bonds is 12. The van der Waals surface area contributed by atoms with Crippen LogP contribution in [0.15, 0.2) is 120 Å². The number of benzene rings is 4. The minimum absolute atomic E-state index is 0.129. The van der Waals surface area contributed by atoms with Crippen molar-refractivity contribution in [3.63, 3.8) is 0 Å². The summed E-state index contributed by atoms with van der Waals surface area (Å²) in [5.41, 5.74) is 8.19. The number of urea groups is 2. The van der Waals surface area contributed by atoms with E-state index in [0.717, 1.165) is 22.3 Å². The molecule has 0 fully saturated rings. The minimum Gasteiger partial charge on any atom is -0.333 e. The van der Waals surface area contributed by atoms with Gasteiger partial charge in [-0.05, 0) is 118 Å². The Kier molecular flexibility index (Phi) is 10.9. The third-order valence-electron chi connectivity index (χ3n) is 11.6. The molecule has 6 amide bonds. The molecule has 60 heavy (non-hydrogen) atoms. The van der Waals surface area contributed by atoms with Gasteiger partial charge in [0.1, 0.15) is 0 Å². The van der Waals surface area contributed by atoms with Crippen LogP contribution < -0.4 is 20.4 Å². The number of nitrogens with zero attached hydrogens (tertiary/aromatic N) is 7. The van der Waals surface area contributed by atoms with Gasteiger partial charge < -0.3 is 25.3 Å². The van der Waals surface area contributed by atoms with Crippen LogP contribution in [-0.2, 0) is 9.59 Å². The number of hydrogen-bond donors (Lipinski definition) is 2. The molecule has 4 aromatic rings. The van der Waals surface area contributed by atoms with Crippen LogP contribution in [0, 0.1) is 36.5 Å². The van der Waals surface area contributed by atoms with Crippen molar-refractivity contribution >= 4 is 35.3 Å². The van der Waals surface area contributed by atoms with Crippen LogP contribution in [0.3, 0.4) is 0 Å². The van der Waals surface area contributed by atoms with Crippen molar-refractivity contribution in [2.75, 3.05) is 56.1 Å². The van der Waals surface area contributed by atoms with E-state index in [1.807, 2.05) is 69.4 Å². The van der Waals surface area contributed by atoms with Gasteiger partial charge in [0.15, 0.2) is 0 Å². The smallest absolute Gasteiger partial charge is 0.327 e. The molecule has 0 radical (unpaired) electrons. The second-order valence-electron chi connectivity index (χ2n) is 15.8. The van der Waals surface area contributed by atoms with Crippen LogP contribution in [-0.4, -0.2) is 84.9 Å². The van der Waals surface area contributed by atoms with E-state index in [4.69, 9.17) is 0 Å². The lowest BCUT2D eigenvalue weighted by Crippen LogP contribution is -2.47. The number of amides is 6. The standard InChI is InChI=1S/C47H45N9O4/c1-30-8-4-10-36(24-30)55-38-28-53(44(57)40(38)42(50-46(55)59)34-16-12-32(26-48)13-17-34)22-6-20-52(3)21-7-23-54-29-39-41(45(54)58)43(35-18-14-33(27-49)15-19-35)51-47(60)56(39)37-11-5-9-31(2)25-37/h4-5,8-19,24-25,42-43H,6-7,20-23,28-29H2,1-3H3,(H,50,59)(H,51,60)/t42-,43-/m1/s1. The molecule has 2 atom stereocenters. The normalized spacial score (nSPS) is 18.8. The second-order valence-corrected chi connectivity index (χ2v) is 15.8. The van der Waals surface area contributed by atoms with Crippen LogP contribution in [0.25, 0.3) is 0 Å². The molecule has 4 aliphatic heterocycles. The molecule has 4 heterocycles. The molecule has 2 N–H and O–H groups in total. The topological polar surface area (TPSA) is 156 Å². The van der Waals surface area contributed by atoms with Crippen LogP contribution in [0.4, 0.5) is 21.0 Å². The number of anilines is 2. The molecule has 0 bridgehead atoms. The largest absolute Gasteiger partial charge is 0.333 e. The van der Waals surface area contributed by atoms with Crippen molar-refractivity contribution in [3.05, 3.63) is 153 Å². The number of carbonyl (C=O) groups is 4. The Morgan fingerprint density at radius 3 is 1.38 bits per heavy atom. The van der Waals surface area contributed by atoms with Gasteiger partial charge in [-0.1, -0.05) is 48.5 Å². The van der Waals surface area contributed by atoms with Gasteiger partial charge >= 0.3 is 12.1 Å². The molecule has 0 unspecified atom stereocenters. The minimum atomic E-state index is -0.646. The first-order valence-electron chi connectivity index (χ1n) is 20.1. The van der Waals surface area contributed by atoms with Gasteiger partial charge in [0, 0.05) is 13.1 Å². The summed E-state index contributed by atoms with van der Waals surface area (Å²) in [4.78, 5) is 64.8. The SMILES string of the molecule is Cc1cccc(N2C(=O)N[C@H](c3ccc(C#N)cc3)C3=C2CN(CCCN(C)CCCN2CC4=C(C2=O)[C@@H](c2ccc(C#N)cc2)NC(=O)N4c2cccc(C)c2)C3=O)c1. The van der Waals surface area contributed by atoms with Crippen LogP contribution in [0.2, 0.25) is 0 Å². The van der Waals surface area contributed by atoms with Crippen molar-refractivity contribution in [2.24, 2.45) is 0 Å². The van der Waals surface area contributed by atoms with Gasteiger partial charge in [-0.2, -0.15) is 10.5 Å². The summed E-state index contributed by atoms with van der Waals surface area (Å²) in [6, 6.07) is 31.6. The van der Waals surface area contributed by atoms with E-state index in [1.54, 1.807) is 68.1 Å². The van der Waals surface area contributed by atoms with Crippen LogP contribution in [0.1, 0.15) is 58.3 Å². The monoisotopic (exact) mass is 799 g/mol. The summed E-state index contributed by atoms with van der Waals surface area (Å²) in [6.45, 7) is 6.89. The third-order valence-corrected chi connectivity index (χ3v) is 11.6. The van der Waals surface area contributed by atoms with Crippen molar-refractivity contribution < 1.29 is 19.2 Å². The lowest BCUT2D eigenvalue weighted by molar-refractivity contribution is -0.126. The van der Waals surface area contributed by atoms with Crippen molar-refractivity contribution in [3.8, 4) is 12.1 Å². The molecule has 0 aromatic heterocycles. The fraction of sp³-hybridized carbons (Fsp3) is 0.277. The summed E-state index contributed by atoms with van der Waals surface area (Å²) in [5, 5.41) is 24.8. The summed E-state index contributed by atoms with van der Waals surface area (Å²) < 4.78 is 0. The van der Waals surface area contributed by atoms with Crippen LogP contribution >= 0.6 is 0 Å². The van der Waals surface area contributed by atoms with Gasteiger partial charge in [0.25, 0.3) is 11.8 Å². The van der Waals surface area contributed by atoms with E-state index in [9.17, 15) is 29.7 Å². The summed E-state index contributed by atoms with van der Waals surface area (Å²) in [6.07, 6.45) is 1.39. The molecule has 0 spiro atoms. The Balaban J connectivity index is 0.911. The quantitative estimate of drug-likeness (QED) is 0.173. The Labute approximate surface area is 349 Å². The Hall–Kier alpha value is -7.22. The second kappa shape index (κ2) is 16.6. The number of carbonyl (C=O) groups excluding carboxylic acids is 4.